The maximum absolute atomic E-state index is 13.6. The third kappa shape index (κ3) is 6.89. The van der Waals surface area contributed by atoms with E-state index in [1.165, 1.54) is 6.07 Å². The molecule has 0 fully saturated rings. The number of nitrogens with zero attached hydrogens (tertiary/aromatic N) is 1. The van der Waals surface area contributed by atoms with Crippen LogP contribution >= 0.6 is 11.6 Å². The van der Waals surface area contributed by atoms with Crippen molar-refractivity contribution in [3.63, 3.8) is 0 Å². The van der Waals surface area contributed by atoms with Crippen LogP contribution in [0.1, 0.15) is 36.2 Å². The number of nitrogens with one attached hydrogen (secondary N) is 2. The molecule has 1 unspecified atom stereocenters. The zero-order chi connectivity index (χ0) is 26.9. The Bertz CT molecular complexity index is 1240. The zero-order valence-corrected chi connectivity index (χ0v) is 21.1. The van der Waals surface area contributed by atoms with E-state index in [1.54, 1.807) is 24.4 Å². The number of carbonyl (C=O) groups is 1. The van der Waals surface area contributed by atoms with Gasteiger partial charge >= 0.3 is 12.2 Å². The molecule has 0 aliphatic heterocycles. The smallest absolute Gasteiger partial charge is 0.322 e. The summed E-state index contributed by atoms with van der Waals surface area (Å²) in [5.74, 6) is 0. The molecule has 2 amide bonds. The second kappa shape index (κ2) is 12.4. The molecule has 1 atom stereocenters. The van der Waals surface area contributed by atoms with Gasteiger partial charge in [-0.15, -0.1) is 0 Å². The van der Waals surface area contributed by atoms with Crippen LogP contribution in [0, 0.1) is 0 Å². The van der Waals surface area contributed by atoms with Crippen LogP contribution in [0.15, 0.2) is 103 Å². The van der Waals surface area contributed by atoms with E-state index in [4.69, 9.17) is 11.6 Å². The minimum absolute atomic E-state index is 0.0838. The van der Waals surface area contributed by atoms with E-state index in [0.717, 1.165) is 23.3 Å². The van der Waals surface area contributed by atoms with Crippen LogP contribution in [-0.4, -0.2) is 11.0 Å². The highest BCUT2D eigenvalue weighted by Gasteiger charge is 2.39. The number of amides is 2. The number of urea groups is 1. The molecule has 0 saturated heterocycles. The monoisotopic (exact) mass is 525 g/mol. The van der Waals surface area contributed by atoms with E-state index in [1.807, 2.05) is 74.5 Å². The summed E-state index contributed by atoms with van der Waals surface area (Å²) in [5.41, 5.74) is -0.431. The minimum Gasteiger partial charge on any atom is -0.322 e. The number of aromatic nitrogens is 1. The predicted octanol–water partition coefficient (Wildman–Crippen LogP) is 8.09. The number of halogens is 4. The lowest BCUT2D eigenvalue weighted by Gasteiger charge is -2.35. The number of rotatable bonds is 6. The van der Waals surface area contributed by atoms with E-state index in [2.05, 4.69) is 15.6 Å². The second-order valence-electron chi connectivity index (χ2n) is 7.92. The Kier molecular flexibility index (Phi) is 9.31. The Hall–Kier alpha value is -3.84. The standard InChI is InChI=1S/C27H21ClF3N3O.C2H6/c28-21-14-15-23(22(17-21)27(29,30)31)33-25(35)34-26(20-11-5-2-6-12-20,24-13-7-8-16-32-24)18-19-9-3-1-4-10-19;1-2/h1-17H,18H2,(H2,33,34,35);1-2H3. The molecule has 0 spiro atoms. The van der Waals surface area contributed by atoms with Crippen LogP contribution in [0.3, 0.4) is 0 Å². The van der Waals surface area contributed by atoms with Gasteiger partial charge in [0.15, 0.2) is 0 Å². The molecule has 8 heteroatoms. The fourth-order valence-corrected chi connectivity index (χ4v) is 4.14. The van der Waals surface area contributed by atoms with Gasteiger partial charge in [-0.3, -0.25) is 4.98 Å². The maximum Gasteiger partial charge on any atom is 0.418 e. The van der Waals surface area contributed by atoms with Gasteiger partial charge in [-0.25, -0.2) is 4.79 Å². The summed E-state index contributed by atoms with van der Waals surface area (Å²) >= 11 is 5.78. The highest BCUT2D eigenvalue weighted by molar-refractivity contribution is 6.30. The number of benzene rings is 3. The van der Waals surface area contributed by atoms with Crippen LogP contribution in [-0.2, 0) is 18.1 Å². The number of hydrogen-bond acceptors (Lipinski definition) is 2. The van der Waals surface area contributed by atoms with Gasteiger partial charge in [-0.1, -0.05) is 92.2 Å². The van der Waals surface area contributed by atoms with E-state index >= 15 is 0 Å². The first-order valence-electron chi connectivity index (χ1n) is 11.7. The van der Waals surface area contributed by atoms with Crippen LogP contribution < -0.4 is 10.6 Å². The molecule has 3 aromatic carbocycles. The zero-order valence-electron chi connectivity index (χ0n) is 20.4. The Morgan fingerprint density at radius 1 is 0.865 bits per heavy atom. The molecule has 0 saturated carbocycles. The number of carbonyl (C=O) groups excluding carboxylic acids is 1. The number of hydrogen-bond donors (Lipinski definition) is 2. The molecule has 37 heavy (non-hydrogen) atoms. The second-order valence-corrected chi connectivity index (χ2v) is 8.35. The van der Waals surface area contributed by atoms with Crippen LogP contribution in [0.25, 0.3) is 0 Å². The van der Waals surface area contributed by atoms with Gasteiger partial charge < -0.3 is 10.6 Å². The molecule has 4 rings (SSSR count). The van der Waals surface area contributed by atoms with Crippen molar-refractivity contribution in [3.8, 4) is 0 Å². The lowest BCUT2D eigenvalue weighted by Crippen LogP contribution is -2.50. The van der Waals surface area contributed by atoms with E-state index in [9.17, 15) is 18.0 Å². The van der Waals surface area contributed by atoms with Crippen molar-refractivity contribution in [1.29, 1.82) is 0 Å². The number of pyridine rings is 1. The van der Waals surface area contributed by atoms with E-state index < -0.39 is 29.0 Å². The van der Waals surface area contributed by atoms with Crippen LogP contribution in [0.2, 0.25) is 5.02 Å². The van der Waals surface area contributed by atoms with Crippen LogP contribution in [0.5, 0.6) is 0 Å². The number of alkyl halides is 3. The summed E-state index contributed by atoms with van der Waals surface area (Å²) in [4.78, 5) is 17.8. The fourth-order valence-electron chi connectivity index (χ4n) is 3.97. The summed E-state index contributed by atoms with van der Waals surface area (Å²) in [6.07, 6.45) is -2.78. The molecular formula is C29H27ClF3N3O. The largest absolute Gasteiger partial charge is 0.418 e. The van der Waals surface area contributed by atoms with Crippen molar-refractivity contribution in [3.05, 3.63) is 131 Å². The Balaban J connectivity index is 0.00000186. The van der Waals surface area contributed by atoms with Crippen molar-refractivity contribution in [2.45, 2.75) is 32.0 Å². The molecule has 1 heterocycles. The first kappa shape index (κ1) is 27.7. The average molecular weight is 526 g/mol. The van der Waals surface area contributed by atoms with Gasteiger partial charge in [0.25, 0.3) is 0 Å². The highest BCUT2D eigenvalue weighted by Crippen LogP contribution is 2.37. The average Bonchev–Trinajstić information content (AvgIpc) is 2.91. The highest BCUT2D eigenvalue weighted by atomic mass is 35.5. The fraction of sp³-hybridized carbons (Fsp3) is 0.172. The third-order valence-corrected chi connectivity index (χ3v) is 5.78. The first-order valence-corrected chi connectivity index (χ1v) is 12.1. The quantitative estimate of drug-likeness (QED) is 0.267. The molecule has 2 N–H and O–H groups in total. The molecule has 0 radical (unpaired) electrons. The van der Waals surface area contributed by atoms with Crippen molar-refractivity contribution >= 4 is 23.3 Å². The third-order valence-electron chi connectivity index (χ3n) is 5.54. The van der Waals surface area contributed by atoms with Gasteiger partial charge in [0.2, 0.25) is 0 Å². The van der Waals surface area contributed by atoms with Crippen molar-refractivity contribution < 1.29 is 18.0 Å². The molecule has 0 bridgehead atoms. The Morgan fingerprint density at radius 3 is 2.08 bits per heavy atom. The van der Waals surface area contributed by atoms with E-state index in [-0.39, 0.29) is 5.02 Å². The van der Waals surface area contributed by atoms with Crippen LogP contribution in [0.4, 0.5) is 23.7 Å². The molecule has 192 valence electrons. The molecule has 4 aromatic rings. The van der Waals surface area contributed by atoms with Gasteiger partial charge in [-0.05, 0) is 41.5 Å². The Labute approximate surface area is 219 Å². The van der Waals surface area contributed by atoms with Crippen molar-refractivity contribution in [2.75, 3.05) is 5.32 Å². The molecule has 0 aliphatic rings. The predicted molar refractivity (Wildman–Crippen MR) is 142 cm³/mol. The number of anilines is 1. The van der Waals surface area contributed by atoms with Crippen molar-refractivity contribution in [1.82, 2.24) is 10.3 Å². The first-order chi connectivity index (χ1) is 17.8. The Morgan fingerprint density at radius 2 is 1.49 bits per heavy atom. The summed E-state index contributed by atoms with van der Waals surface area (Å²) < 4.78 is 40.8. The molecule has 1 aromatic heterocycles. The topological polar surface area (TPSA) is 54.0 Å². The summed E-state index contributed by atoms with van der Waals surface area (Å²) in [6, 6.07) is 26.4. The van der Waals surface area contributed by atoms with E-state index in [0.29, 0.717) is 12.1 Å². The minimum atomic E-state index is -4.70. The molecule has 0 aliphatic carbocycles. The van der Waals surface area contributed by atoms with Gasteiger partial charge in [-0.2, -0.15) is 13.2 Å². The lowest BCUT2D eigenvalue weighted by molar-refractivity contribution is -0.136. The molecule has 4 nitrogen and oxygen atoms in total. The summed E-state index contributed by atoms with van der Waals surface area (Å²) in [6.45, 7) is 4.00. The molecular weight excluding hydrogens is 499 g/mol. The van der Waals surface area contributed by atoms with Gasteiger partial charge in [0, 0.05) is 17.6 Å². The van der Waals surface area contributed by atoms with Crippen molar-refractivity contribution in [2.24, 2.45) is 0 Å². The summed E-state index contributed by atoms with van der Waals surface area (Å²) in [5, 5.41) is 5.23. The van der Waals surface area contributed by atoms with Gasteiger partial charge in [0.1, 0.15) is 5.54 Å². The lowest BCUT2D eigenvalue weighted by atomic mass is 9.80. The maximum atomic E-state index is 13.6. The van der Waals surface area contributed by atoms with Gasteiger partial charge in [0.05, 0.1) is 16.9 Å². The summed E-state index contributed by atoms with van der Waals surface area (Å²) in [7, 11) is 0. The SMILES string of the molecule is CC.O=C(Nc1ccc(Cl)cc1C(F)(F)F)NC(Cc1ccccc1)(c1ccccc1)c1ccccn1. The normalized spacial score (nSPS) is 12.5.